The number of hydrogen-bond donors (Lipinski definition) is 0. The molecule has 0 bridgehead atoms. The summed E-state index contributed by atoms with van der Waals surface area (Å²) >= 11 is 0. The molecule has 1 aromatic carbocycles. The van der Waals surface area contributed by atoms with Crippen molar-refractivity contribution in [2.45, 2.75) is 26.7 Å². The zero-order valence-corrected chi connectivity index (χ0v) is 13.7. The maximum Gasteiger partial charge on any atom is 0.246 e. The van der Waals surface area contributed by atoms with E-state index in [2.05, 4.69) is 6.92 Å². The highest BCUT2D eigenvalue weighted by molar-refractivity contribution is 5.91. The third kappa shape index (κ3) is 4.26. The van der Waals surface area contributed by atoms with E-state index in [4.69, 9.17) is 9.47 Å². The fourth-order valence-electron chi connectivity index (χ4n) is 2.73. The highest BCUT2D eigenvalue weighted by Crippen LogP contribution is 2.28. The molecule has 1 unspecified atom stereocenters. The van der Waals surface area contributed by atoms with Gasteiger partial charge >= 0.3 is 0 Å². The minimum atomic E-state index is 0.0836. The van der Waals surface area contributed by atoms with Crippen LogP contribution in [0.25, 0.3) is 6.08 Å². The van der Waals surface area contributed by atoms with Crippen LogP contribution < -0.4 is 9.47 Å². The van der Waals surface area contributed by atoms with Crippen molar-refractivity contribution in [3.63, 3.8) is 0 Å². The summed E-state index contributed by atoms with van der Waals surface area (Å²) in [5, 5.41) is 0. The molecule has 22 heavy (non-hydrogen) atoms. The van der Waals surface area contributed by atoms with Gasteiger partial charge in [0.15, 0.2) is 11.5 Å². The van der Waals surface area contributed by atoms with Crippen molar-refractivity contribution in [1.82, 2.24) is 4.90 Å². The molecular formula is C18H25NO3. The van der Waals surface area contributed by atoms with Crippen LogP contribution in [0.2, 0.25) is 0 Å². The van der Waals surface area contributed by atoms with E-state index in [0.29, 0.717) is 24.0 Å². The summed E-state index contributed by atoms with van der Waals surface area (Å²) in [5.74, 6) is 2.08. The predicted octanol–water partition coefficient (Wildman–Crippen LogP) is 3.37. The van der Waals surface area contributed by atoms with Gasteiger partial charge in [-0.05, 0) is 49.5 Å². The lowest BCUT2D eigenvalue weighted by Crippen LogP contribution is -2.38. The first-order valence-corrected chi connectivity index (χ1v) is 7.92. The summed E-state index contributed by atoms with van der Waals surface area (Å²) in [6, 6.07) is 5.67. The van der Waals surface area contributed by atoms with Crippen LogP contribution in [0.3, 0.4) is 0 Å². The van der Waals surface area contributed by atoms with E-state index in [1.807, 2.05) is 36.1 Å². The summed E-state index contributed by atoms with van der Waals surface area (Å²) in [5.41, 5.74) is 0.933. The van der Waals surface area contributed by atoms with E-state index in [1.165, 1.54) is 6.42 Å². The molecule has 0 N–H and O–H groups in total. The van der Waals surface area contributed by atoms with Crippen molar-refractivity contribution in [3.8, 4) is 11.5 Å². The van der Waals surface area contributed by atoms with Crippen molar-refractivity contribution in [2.24, 2.45) is 5.92 Å². The topological polar surface area (TPSA) is 38.8 Å². The van der Waals surface area contributed by atoms with Gasteiger partial charge in [-0.1, -0.05) is 13.0 Å². The molecule has 120 valence electrons. The van der Waals surface area contributed by atoms with Gasteiger partial charge in [0.1, 0.15) is 0 Å². The van der Waals surface area contributed by atoms with E-state index in [-0.39, 0.29) is 5.91 Å². The predicted molar refractivity (Wildman–Crippen MR) is 88.2 cm³/mol. The van der Waals surface area contributed by atoms with Gasteiger partial charge in [0.05, 0.1) is 13.7 Å². The molecule has 1 heterocycles. The summed E-state index contributed by atoms with van der Waals surface area (Å²) < 4.78 is 10.8. The van der Waals surface area contributed by atoms with Crippen LogP contribution in [0.1, 0.15) is 32.3 Å². The van der Waals surface area contributed by atoms with Crippen molar-refractivity contribution < 1.29 is 14.3 Å². The third-order valence-corrected chi connectivity index (χ3v) is 3.87. The number of carbonyl (C=O) groups is 1. The number of ether oxygens (including phenoxy) is 2. The molecule has 4 heteroatoms. The minimum Gasteiger partial charge on any atom is -0.493 e. The van der Waals surface area contributed by atoms with Crippen LogP contribution in [0, 0.1) is 5.92 Å². The Morgan fingerprint density at radius 2 is 2.23 bits per heavy atom. The molecule has 1 aliphatic heterocycles. The number of piperidine rings is 1. The fraction of sp³-hybridized carbons (Fsp3) is 0.500. The van der Waals surface area contributed by atoms with Crippen LogP contribution >= 0.6 is 0 Å². The Hall–Kier alpha value is -1.97. The first kappa shape index (κ1) is 16.4. The van der Waals surface area contributed by atoms with Crippen molar-refractivity contribution >= 4 is 12.0 Å². The molecule has 1 fully saturated rings. The zero-order chi connectivity index (χ0) is 15.9. The first-order chi connectivity index (χ1) is 10.6. The van der Waals surface area contributed by atoms with Crippen molar-refractivity contribution in [3.05, 3.63) is 29.8 Å². The number of amides is 1. The second-order valence-electron chi connectivity index (χ2n) is 5.71. The molecule has 0 aromatic heterocycles. The van der Waals surface area contributed by atoms with Crippen LogP contribution in [-0.2, 0) is 4.79 Å². The molecule has 0 saturated carbocycles. The monoisotopic (exact) mass is 303 g/mol. The number of hydrogen-bond acceptors (Lipinski definition) is 3. The Balaban J connectivity index is 2.05. The number of likely N-dealkylation sites (tertiary alicyclic amines) is 1. The second-order valence-corrected chi connectivity index (χ2v) is 5.71. The Morgan fingerprint density at radius 1 is 1.41 bits per heavy atom. The van der Waals surface area contributed by atoms with Crippen LogP contribution in [0.15, 0.2) is 24.3 Å². The first-order valence-electron chi connectivity index (χ1n) is 7.92. The lowest BCUT2D eigenvalue weighted by Gasteiger charge is -2.30. The Kier molecular flexibility index (Phi) is 5.87. The second kappa shape index (κ2) is 7.87. The van der Waals surface area contributed by atoms with E-state index >= 15 is 0 Å². The number of carbonyl (C=O) groups excluding carboxylic acids is 1. The van der Waals surface area contributed by atoms with Gasteiger partial charge in [-0.2, -0.15) is 0 Å². The van der Waals surface area contributed by atoms with E-state index in [0.717, 1.165) is 25.1 Å². The molecular weight excluding hydrogens is 278 g/mol. The molecule has 1 saturated heterocycles. The van der Waals surface area contributed by atoms with E-state index < -0.39 is 0 Å². The third-order valence-electron chi connectivity index (χ3n) is 3.87. The van der Waals surface area contributed by atoms with E-state index in [1.54, 1.807) is 13.2 Å². The summed E-state index contributed by atoms with van der Waals surface area (Å²) in [6.45, 7) is 6.43. The average Bonchev–Trinajstić information content (AvgIpc) is 2.53. The number of methoxy groups -OCH3 is 1. The Labute approximate surface area is 132 Å². The summed E-state index contributed by atoms with van der Waals surface area (Å²) in [6.07, 6.45) is 5.79. The SMILES string of the molecule is CCOc1cc(C=CC(=O)N2CCCC(C)C2)ccc1OC. The Bertz CT molecular complexity index is 539. The molecule has 1 atom stereocenters. The van der Waals surface area contributed by atoms with Crippen molar-refractivity contribution in [2.75, 3.05) is 26.8 Å². The average molecular weight is 303 g/mol. The maximum absolute atomic E-state index is 12.2. The van der Waals surface area contributed by atoms with Gasteiger partial charge in [0, 0.05) is 19.2 Å². The molecule has 0 aliphatic carbocycles. The quantitative estimate of drug-likeness (QED) is 0.783. The molecule has 1 aromatic rings. The van der Waals surface area contributed by atoms with Gasteiger partial charge in [0.2, 0.25) is 5.91 Å². The lowest BCUT2D eigenvalue weighted by molar-refractivity contribution is -0.127. The van der Waals surface area contributed by atoms with E-state index in [9.17, 15) is 4.79 Å². The van der Waals surface area contributed by atoms with Crippen LogP contribution in [0.5, 0.6) is 11.5 Å². The number of rotatable bonds is 5. The van der Waals surface area contributed by atoms with Gasteiger partial charge in [-0.3, -0.25) is 4.79 Å². The standard InChI is InChI=1S/C18H25NO3/c1-4-22-17-12-15(7-9-16(17)21-3)8-10-18(20)19-11-5-6-14(2)13-19/h7-10,12,14H,4-6,11,13H2,1-3H3. The maximum atomic E-state index is 12.2. The molecule has 0 spiro atoms. The molecule has 1 amide bonds. The normalized spacial score (nSPS) is 18.5. The van der Waals surface area contributed by atoms with Gasteiger partial charge < -0.3 is 14.4 Å². The van der Waals surface area contributed by atoms with Gasteiger partial charge in [-0.25, -0.2) is 0 Å². The smallest absolute Gasteiger partial charge is 0.246 e. The fourth-order valence-corrected chi connectivity index (χ4v) is 2.73. The molecule has 2 rings (SSSR count). The van der Waals surface area contributed by atoms with Gasteiger partial charge in [-0.15, -0.1) is 0 Å². The minimum absolute atomic E-state index is 0.0836. The van der Waals surface area contributed by atoms with Crippen LogP contribution in [-0.4, -0.2) is 37.6 Å². The van der Waals surface area contributed by atoms with Gasteiger partial charge in [0.25, 0.3) is 0 Å². The number of nitrogens with zero attached hydrogens (tertiary/aromatic N) is 1. The zero-order valence-electron chi connectivity index (χ0n) is 13.7. The summed E-state index contributed by atoms with van der Waals surface area (Å²) in [7, 11) is 1.62. The lowest BCUT2D eigenvalue weighted by atomic mass is 10.0. The Morgan fingerprint density at radius 3 is 2.91 bits per heavy atom. The van der Waals surface area contributed by atoms with Crippen molar-refractivity contribution in [1.29, 1.82) is 0 Å². The molecule has 1 aliphatic rings. The van der Waals surface area contributed by atoms with Crippen LogP contribution in [0.4, 0.5) is 0 Å². The summed E-state index contributed by atoms with van der Waals surface area (Å²) in [4.78, 5) is 14.2. The highest BCUT2D eigenvalue weighted by atomic mass is 16.5. The molecule has 0 radical (unpaired) electrons. The molecule has 4 nitrogen and oxygen atoms in total. The largest absolute Gasteiger partial charge is 0.493 e. The number of benzene rings is 1. The highest BCUT2D eigenvalue weighted by Gasteiger charge is 2.18.